The first-order valence-corrected chi connectivity index (χ1v) is 7.28. The molecule has 20 heavy (non-hydrogen) atoms. The molecule has 2 heterocycles. The van der Waals surface area contributed by atoms with Gasteiger partial charge in [0.25, 0.3) is 0 Å². The molecule has 1 aromatic carbocycles. The van der Waals surface area contributed by atoms with E-state index in [-0.39, 0.29) is 5.82 Å². The largest absolute Gasteiger partial charge is 0.339 e. The van der Waals surface area contributed by atoms with E-state index < -0.39 is 0 Å². The van der Waals surface area contributed by atoms with Crippen LogP contribution in [0.25, 0.3) is 10.2 Å². The van der Waals surface area contributed by atoms with E-state index in [2.05, 4.69) is 36.6 Å². The standard InChI is InChI=1S/C12H9BrFN5S/c13-8-5-6(14)1-2-9(8)16-10-7-3-4-20-11(7)18-12(17-10)19-15/h1-5H,15H2,(H2,16,17,18,19). The Balaban J connectivity index is 2.07. The number of nitrogen functional groups attached to an aromatic ring is 1. The minimum Gasteiger partial charge on any atom is -0.339 e. The Bertz CT molecular complexity index is 776. The van der Waals surface area contributed by atoms with Gasteiger partial charge in [0.1, 0.15) is 16.5 Å². The molecule has 0 aliphatic rings. The highest BCUT2D eigenvalue weighted by Crippen LogP contribution is 2.31. The Morgan fingerprint density at radius 3 is 2.85 bits per heavy atom. The molecule has 3 rings (SSSR count). The molecule has 4 N–H and O–H groups in total. The van der Waals surface area contributed by atoms with E-state index in [4.69, 9.17) is 5.84 Å². The van der Waals surface area contributed by atoms with Crippen LogP contribution in [0.2, 0.25) is 0 Å². The van der Waals surface area contributed by atoms with E-state index in [1.54, 1.807) is 6.07 Å². The summed E-state index contributed by atoms with van der Waals surface area (Å²) in [5, 5.41) is 5.95. The van der Waals surface area contributed by atoms with Gasteiger partial charge in [-0.05, 0) is 45.6 Å². The van der Waals surface area contributed by atoms with E-state index in [1.165, 1.54) is 23.5 Å². The lowest BCUT2D eigenvalue weighted by atomic mass is 10.3. The van der Waals surface area contributed by atoms with Crippen molar-refractivity contribution < 1.29 is 4.39 Å². The lowest BCUT2D eigenvalue weighted by Gasteiger charge is -2.10. The number of hydrogen-bond donors (Lipinski definition) is 3. The maximum atomic E-state index is 13.1. The molecule has 0 atom stereocenters. The number of aromatic nitrogens is 2. The highest BCUT2D eigenvalue weighted by molar-refractivity contribution is 9.10. The first-order valence-electron chi connectivity index (χ1n) is 5.61. The molecule has 0 amide bonds. The third-order valence-electron chi connectivity index (χ3n) is 2.64. The Labute approximate surface area is 126 Å². The number of benzene rings is 1. The molecule has 0 saturated carbocycles. The van der Waals surface area contributed by atoms with Gasteiger partial charge in [-0.3, -0.25) is 5.43 Å². The number of nitrogens with zero attached hydrogens (tertiary/aromatic N) is 2. The number of fused-ring (bicyclic) bond motifs is 1. The number of rotatable bonds is 3. The fourth-order valence-electron chi connectivity index (χ4n) is 1.73. The normalized spacial score (nSPS) is 10.8. The van der Waals surface area contributed by atoms with Crippen LogP contribution in [-0.4, -0.2) is 9.97 Å². The van der Waals surface area contributed by atoms with Gasteiger partial charge in [-0.15, -0.1) is 11.3 Å². The third-order valence-corrected chi connectivity index (χ3v) is 4.10. The molecule has 0 radical (unpaired) electrons. The van der Waals surface area contributed by atoms with E-state index in [0.717, 1.165) is 10.2 Å². The monoisotopic (exact) mass is 353 g/mol. The lowest BCUT2D eigenvalue weighted by Crippen LogP contribution is -2.11. The summed E-state index contributed by atoms with van der Waals surface area (Å²) in [6.07, 6.45) is 0. The SMILES string of the molecule is NNc1nc(Nc2ccc(F)cc2Br)c2ccsc2n1. The maximum absolute atomic E-state index is 13.1. The summed E-state index contributed by atoms with van der Waals surface area (Å²) < 4.78 is 13.7. The summed E-state index contributed by atoms with van der Waals surface area (Å²) in [6, 6.07) is 6.31. The van der Waals surface area contributed by atoms with Crippen molar-refractivity contribution in [1.82, 2.24) is 9.97 Å². The molecule has 0 fully saturated rings. The molecule has 0 spiro atoms. The van der Waals surface area contributed by atoms with E-state index in [0.29, 0.717) is 21.9 Å². The average molecular weight is 354 g/mol. The third kappa shape index (κ3) is 2.45. The average Bonchev–Trinajstić information content (AvgIpc) is 2.90. The predicted molar refractivity (Wildman–Crippen MR) is 82.6 cm³/mol. The number of thiophene rings is 1. The van der Waals surface area contributed by atoms with Gasteiger partial charge < -0.3 is 5.32 Å². The van der Waals surface area contributed by atoms with E-state index in [9.17, 15) is 4.39 Å². The number of hydrazine groups is 1. The van der Waals surface area contributed by atoms with Gasteiger partial charge in [0.05, 0.1) is 11.1 Å². The smallest absolute Gasteiger partial charge is 0.240 e. The van der Waals surface area contributed by atoms with Crippen molar-refractivity contribution in [2.24, 2.45) is 5.84 Å². The van der Waals surface area contributed by atoms with Crippen molar-refractivity contribution in [2.75, 3.05) is 10.7 Å². The summed E-state index contributed by atoms with van der Waals surface area (Å²) >= 11 is 4.80. The van der Waals surface area contributed by atoms with Crippen LogP contribution in [0.1, 0.15) is 0 Å². The van der Waals surface area contributed by atoms with Crippen LogP contribution in [0, 0.1) is 5.82 Å². The predicted octanol–water partition coefficient (Wildman–Crippen LogP) is 3.62. The van der Waals surface area contributed by atoms with Crippen LogP contribution in [0.15, 0.2) is 34.1 Å². The van der Waals surface area contributed by atoms with Crippen molar-refractivity contribution in [3.05, 3.63) is 39.9 Å². The second kappa shape index (κ2) is 5.31. The minimum absolute atomic E-state index is 0.310. The van der Waals surface area contributed by atoms with Crippen LogP contribution >= 0.6 is 27.3 Å². The summed E-state index contributed by atoms with van der Waals surface area (Å²) in [5.74, 6) is 5.98. The van der Waals surface area contributed by atoms with Gasteiger partial charge in [-0.1, -0.05) is 0 Å². The Kier molecular flexibility index (Phi) is 3.51. The zero-order chi connectivity index (χ0) is 14.1. The van der Waals surface area contributed by atoms with Gasteiger partial charge in [-0.2, -0.15) is 4.98 Å². The van der Waals surface area contributed by atoms with Crippen molar-refractivity contribution >= 4 is 54.9 Å². The zero-order valence-corrected chi connectivity index (χ0v) is 12.4. The van der Waals surface area contributed by atoms with Gasteiger partial charge in [-0.25, -0.2) is 15.2 Å². The molecule has 8 heteroatoms. The van der Waals surface area contributed by atoms with Gasteiger partial charge in [0, 0.05) is 4.47 Å². The molecule has 3 aromatic rings. The van der Waals surface area contributed by atoms with Crippen LogP contribution in [0.5, 0.6) is 0 Å². The van der Waals surface area contributed by atoms with Gasteiger partial charge >= 0.3 is 0 Å². The number of nitrogens with two attached hydrogens (primary N) is 1. The van der Waals surface area contributed by atoms with E-state index in [1.807, 2.05) is 11.4 Å². The molecule has 0 unspecified atom stereocenters. The topological polar surface area (TPSA) is 75.9 Å². The second-order valence-electron chi connectivity index (χ2n) is 3.93. The van der Waals surface area contributed by atoms with E-state index >= 15 is 0 Å². The molecule has 0 aliphatic heterocycles. The van der Waals surface area contributed by atoms with Crippen LogP contribution in [0.3, 0.4) is 0 Å². The number of halogens is 2. The molecular weight excluding hydrogens is 345 g/mol. The number of anilines is 3. The van der Waals surface area contributed by atoms with Crippen LogP contribution < -0.4 is 16.6 Å². The highest BCUT2D eigenvalue weighted by Gasteiger charge is 2.10. The molecule has 0 aliphatic carbocycles. The fourth-order valence-corrected chi connectivity index (χ4v) is 2.95. The lowest BCUT2D eigenvalue weighted by molar-refractivity contribution is 0.627. The molecule has 5 nitrogen and oxygen atoms in total. The molecule has 102 valence electrons. The zero-order valence-electron chi connectivity index (χ0n) is 10.0. The molecular formula is C12H9BrFN5S. The van der Waals surface area contributed by atoms with Crippen LogP contribution in [-0.2, 0) is 0 Å². The quantitative estimate of drug-likeness (QED) is 0.495. The number of hydrogen-bond acceptors (Lipinski definition) is 6. The summed E-state index contributed by atoms with van der Waals surface area (Å²) in [4.78, 5) is 9.35. The molecule has 2 aromatic heterocycles. The van der Waals surface area contributed by atoms with Crippen molar-refractivity contribution in [3.63, 3.8) is 0 Å². The van der Waals surface area contributed by atoms with Crippen molar-refractivity contribution in [3.8, 4) is 0 Å². The Morgan fingerprint density at radius 1 is 1.25 bits per heavy atom. The Hall–Kier alpha value is -1.77. The Morgan fingerprint density at radius 2 is 2.10 bits per heavy atom. The minimum atomic E-state index is -0.310. The summed E-state index contributed by atoms with van der Waals surface area (Å²) in [6.45, 7) is 0. The van der Waals surface area contributed by atoms with Gasteiger partial charge in [0.2, 0.25) is 5.95 Å². The fraction of sp³-hybridized carbons (Fsp3) is 0. The van der Waals surface area contributed by atoms with Gasteiger partial charge in [0.15, 0.2) is 0 Å². The molecule has 0 saturated heterocycles. The highest BCUT2D eigenvalue weighted by atomic mass is 79.9. The van der Waals surface area contributed by atoms with Crippen molar-refractivity contribution in [2.45, 2.75) is 0 Å². The first-order chi connectivity index (χ1) is 9.67. The summed E-state index contributed by atoms with van der Waals surface area (Å²) in [5.41, 5.74) is 3.14. The first kappa shape index (κ1) is 13.2. The molecule has 0 bridgehead atoms. The summed E-state index contributed by atoms with van der Waals surface area (Å²) in [7, 11) is 0. The number of nitrogens with one attached hydrogen (secondary N) is 2. The maximum Gasteiger partial charge on any atom is 0.240 e. The van der Waals surface area contributed by atoms with Crippen molar-refractivity contribution in [1.29, 1.82) is 0 Å². The second-order valence-corrected chi connectivity index (χ2v) is 5.68. The van der Waals surface area contributed by atoms with Crippen LogP contribution in [0.4, 0.5) is 21.8 Å².